The van der Waals surface area contributed by atoms with E-state index in [0.717, 1.165) is 56.7 Å². The minimum atomic E-state index is -0.462. The molecule has 4 aromatic rings. The van der Waals surface area contributed by atoms with Crippen molar-refractivity contribution in [2.45, 2.75) is 12.8 Å². The van der Waals surface area contributed by atoms with E-state index in [1.807, 2.05) is 35.9 Å². The van der Waals surface area contributed by atoms with E-state index in [1.54, 1.807) is 18.2 Å². The summed E-state index contributed by atoms with van der Waals surface area (Å²) >= 11 is 6.49. The van der Waals surface area contributed by atoms with E-state index in [-0.39, 0.29) is 5.75 Å². The third-order valence-electron chi connectivity index (χ3n) is 7.45. The van der Waals surface area contributed by atoms with E-state index in [9.17, 15) is 14.7 Å². The number of morpholine rings is 1. The Balaban J connectivity index is 1.36. The predicted octanol–water partition coefficient (Wildman–Crippen LogP) is 4.73. The number of carbonyl (C=O) groups excluding carboxylic acids is 2. The first-order valence-corrected chi connectivity index (χ1v) is 13.2. The summed E-state index contributed by atoms with van der Waals surface area (Å²) in [5, 5.41) is 15.0. The number of imide groups is 1. The topological polar surface area (TPSA) is 93.0 Å². The minimum absolute atomic E-state index is 0.00755. The third-order valence-corrected chi connectivity index (χ3v) is 7.78. The van der Waals surface area contributed by atoms with Crippen LogP contribution in [0, 0.1) is 0 Å². The molecule has 1 fully saturated rings. The van der Waals surface area contributed by atoms with Gasteiger partial charge in [0.25, 0.3) is 11.8 Å². The van der Waals surface area contributed by atoms with Gasteiger partial charge in [0, 0.05) is 47.6 Å². The Labute approximate surface area is 224 Å². The first-order chi connectivity index (χ1) is 18.4. The zero-order valence-electron chi connectivity index (χ0n) is 21.1. The van der Waals surface area contributed by atoms with Crippen molar-refractivity contribution in [2.24, 2.45) is 7.05 Å². The van der Waals surface area contributed by atoms with Crippen LogP contribution in [-0.2, 0) is 11.8 Å². The first kappa shape index (κ1) is 24.7. The second kappa shape index (κ2) is 9.94. The Bertz CT molecular complexity index is 1590. The van der Waals surface area contributed by atoms with Gasteiger partial charge in [-0.05, 0) is 43.1 Å². The number of hydrogen-bond donors (Lipinski definition) is 2. The van der Waals surface area contributed by atoms with Crippen molar-refractivity contribution in [2.75, 3.05) is 39.5 Å². The number of benzene rings is 3. The van der Waals surface area contributed by atoms with E-state index in [0.29, 0.717) is 50.4 Å². The summed E-state index contributed by atoms with van der Waals surface area (Å²) in [7, 11) is 1.89. The SMILES string of the molecule is Cn1c2cc(OCCCCN3CCOCC3)c(O)cc2c2c3c(c(-c4ccccc4Cl)cc21)C(=O)NC3=O. The maximum absolute atomic E-state index is 13.0. The van der Waals surface area contributed by atoms with Gasteiger partial charge in [0.05, 0.1) is 42.0 Å². The Morgan fingerprint density at radius 3 is 2.55 bits per heavy atom. The molecule has 2 amide bonds. The molecule has 0 spiro atoms. The van der Waals surface area contributed by atoms with E-state index < -0.39 is 11.8 Å². The number of halogens is 1. The molecular weight excluding hydrogens is 506 g/mol. The molecule has 3 aromatic carbocycles. The van der Waals surface area contributed by atoms with Crippen LogP contribution in [0.25, 0.3) is 32.9 Å². The van der Waals surface area contributed by atoms with Gasteiger partial charge in [0.2, 0.25) is 0 Å². The summed E-state index contributed by atoms with van der Waals surface area (Å²) in [5.41, 5.74) is 3.39. The number of carbonyl (C=O) groups is 2. The summed E-state index contributed by atoms with van der Waals surface area (Å²) in [5.74, 6) is -0.540. The Kier molecular flexibility index (Phi) is 6.47. The van der Waals surface area contributed by atoms with Crippen LogP contribution in [0.15, 0.2) is 42.5 Å². The van der Waals surface area contributed by atoms with Crippen molar-refractivity contribution >= 4 is 45.2 Å². The van der Waals surface area contributed by atoms with Crippen LogP contribution < -0.4 is 10.1 Å². The van der Waals surface area contributed by atoms with Crippen LogP contribution in [0.4, 0.5) is 0 Å². The average Bonchev–Trinajstić information content (AvgIpc) is 3.36. The maximum atomic E-state index is 13.0. The highest BCUT2D eigenvalue weighted by molar-refractivity contribution is 6.36. The summed E-state index contributed by atoms with van der Waals surface area (Å²) in [6.07, 6.45) is 1.86. The highest BCUT2D eigenvalue weighted by atomic mass is 35.5. The first-order valence-electron chi connectivity index (χ1n) is 12.8. The fourth-order valence-corrected chi connectivity index (χ4v) is 5.75. The van der Waals surface area contributed by atoms with Gasteiger partial charge < -0.3 is 19.1 Å². The molecule has 2 aliphatic rings. The second-order valence-electron chi connectivity index (χ2n) is 9.74. The number of rotatable bonds is 7. The van der Waals surface area contributed by atoms with E-state index in [2.05, 4.69) is 10.2 Å². The lowest BCUT2D eigenvalue weighted by Crippen LogP contribution is -2.36. The summed E-state index contributed by atoms with van der Waals surface area (Å²) < 4.78 is 13.3. The van der Waals surface area contributed by atoms with Crippen LogP contribution in [0.1, 0.15) is 33.6 Å². The van der Waals surface area contributed by atoms with Crippen molar-refractivity contribution in [3.05, 3.63) is 58.6 Å². The van der Waals surface area contributed by atoms with Gasteiger partial charge in [0.1, 0.15) is 0 Å². The summed E-state index contributed by atoms with van der Waals surface area (Å²) in [4.78, 5) is 28.3. The number of aromatic nitrogens is 1. The van der Waals surface area contributed by atoms with Gasteiger partial charge >= 0.3 is 0 Å². The Hall–Kier alpha value is -3.59. The molecule has 0 saturated carbocycles. The van der Waals surface area contributed by atoms with Crippen LogP contribution in [0.2, 0.25) is 5.02 Å². The number of aromatic hydroxyl groups is 1. The molecule has 1 aromatic heterocycles. The molecule has 0 atom stereocenters. The quantitative estimate of drug-likeness (QED) is 0.263. The number of hydrogen-bond acceptors (Lipinski definition) is 6. The Morgan fingerprint density at radius 1 is 1.00 bits per heavy atom. The summed E-state index contributed by atoms with van der Waals surface area (Å²) in [6.45, 7) is 4.98. The van der Waals surface area contributed by atoms with Crippen molar-refractivity contribution < 1.29 is 24.2 Å². The monoisotopic (exact) mass is 533 g/mol. The van der Waals surface area contributed by atoms with Crippen molar-refractivity contribution in [3.63, 3.8) is 0 Å². The molecular formula is C29H28ClN3O5. The molecule has 1 saturated heterocycles. The van der Waals surface area contributed by atoms with Gasteiger partial charge in [-0.3, -0.25) is 19.8 Å². The molecule has 0 bridgehead atoms. The number of amides is 2. The van der Waals surface area contributed by atoms with Crippen LogP contribution in [0.5, 0.6) is 11.5 Å². The Morgan fingerprint density at radius 2 is 1.76 bits per heavy atom. The molecule has 0 radical (unpaired) electrons. The highest BCUT2D eigenvalue weighted by Gasteiger charge is 2.34. The second-order valence-corrected chi connectivity index (χ2v) is 10.1. The fraction of sp³-hybridized carbons (Fsp3) is 0.310. The molecule has 8 nitrogen and oxygen atoms in total. The predicted molar refractivity (Wildman–Crippen MR) is 146 cm³/mol. The number of aryl methyl sites for hydroxylation is 1. The van der Waals surface area contributed by atoms with Gasteiger partial charge in [-0.1, -0.05) is 29.8 Å². The largest absolute Gasteiger partial charge is 0.504 e. The minimum Gasteiger partial charge on any atom is -0.504 e. The van der Waals surface area contributed by atoms with Crippen LogP contribution in [0.3, 0.4) is 0 Å². The lowest BCUT2D eigenvalue weighted by atomic mass is 9.93. The van der Waals surface area contributed by atoms with Gasteiger partial charge in [0.15, 0.2) is 11.5 Å². The van der Waals surface area contributed by atoms with Gasteiger partial charge in [-0.25, -0.2) is 0 Å². The number of phenols is 1. The standard InChI is InChI=1S/C29H28ClN3O5/c1-32-21-16-24(38-11-5-4-8-33-9-12-37-13-10-33)23(34)15-19(21)25-22(32)14-18(17-6-2-3-7-20(17)30)26-27(25)29(36)31-28(26)35/h2-3,6-7,14-16,34H,4-5,8-13H2,1H3,(H,31,35,36). The number of ether oxygens (including phenoxy) is 2. The van der Waals surface area contributed by atoms with E-state index in [1.165, 1.54) is 0 Å². The maximum Gasteiger partial charge on any atom is 0.259 e. The molecule has 3 heterocycles. The van der Waals surface area contributed by atoms with Crippen molar-refractivity contribution in [1.29, 1.82) is 0 Å². The van der Waals surface area contributed by atoms with Crippen molar-refractivity contribution in [3.8, 4) is 22.6 Å². The molecule has 2 N–H and O–H groups in total. The third kappa shape index (κ3) is 4.18. The molecule has 196 valence electrons. The average molecular weight is 534 g/mol. The number of nitrogens with one attached hydrogen (secondary N) is 1. The highest BCUT2D eigenvalue weighted by Crippen LogP contribution is 2.44. The normalized spacial score (nSPS) is 15.8. The number of unbranched alkanes of at least 4 members (excludes halogenated alkanes) is 1. The summed E-state index contributed by atoms with van der Waals surface area (Å²) in [6, 6.07) is 12.5. The smallest absolute Gasteiger partial charge is 0.259 e. The van der Waals surface area contributed by atoms with Crippen LogP contribution in [-0.4, -0.2) is 65.8 Å². The molecule has 6 rings (SSSR count). The van der Waals surface area contributed by atoms with E-state index in [4.69, 9.17) is 21.1 Å². The lowest BCUT2D eigenvalue weighted by molar-refractivity contribution is 0.0367. The molecule has 0 unspecified atom stereocenters. The van der Waals surface area contributed by atoms with E-state index >= 15 is 0 Å². The zero-order chi connectivity index (χ0) is 26.4. The molecule has 38 heavy (non-hydrogen) atoms. The van der Waals surface area contributed by atoms with Gasteiger partial charge in [-0.15, -0.1) is 0 Å². The molecule has 2 aliphatic heterocycles. The van der Waals surface area contributed by atoms with Crippen molar-refractivity contribution in [1.82, 2.24) is 14.8 Å². The zero-order valence-corrected chi connectivity index (χ0v) is 21.8. The number of phenolic OH excluding ortho intramolecular Hbond substituents is 1. The number of fused-ring (bicyclic) bond motifs is 5. The lowest BCUT2D eigenvalue weighted by Gasteiger charge is -2.26. The fourth-order valence-electron chi connectivity index (χ4n) is 5.51. The van der Waals surface area contributed by atoms with Crippen LogP contribution >= 0.6 is 11.6 Å². The van der Waals surface area contributed by atoms with Gasteiger partial charge in [-0.2, -0.15) is 0 Å². The molecule has 9 heteroatoms. The molecule has 0 aliphatic carbocycles. The number of nitrogens with zero attached hydrogens (tertiary/aromatic N) is 2.